The zero-order chi connectivity index (χ0) is 14.0. The minimum absolute atomic E-state index is 0.266. The molecule has 0 amide bonds. The van der Waals surface area contributed by atoms with Crippen LogP contribution in [0.3, 0.4) is 0 Å². The number of nitrogens with one attached hydrogen (secondary N) is 1. The summed E-state index contributed by atoms with van der Waals surface area (Å²) in [5, 5.41) is 4.20. The van der Waals surface area contributed by atoms with Crippen LogP contribution in [0.2, 0.25) is 0 Å². The minimum atomic E-state index is -2.79. The number of hydrogen-bond acceptors (Lipinski definition) is 6. The Kier molecular flexibility index (Phi) is 3.52. The monoisotopic (exact) mass is 292 g/mol. The van der Waals surface area contributed by atoms with Crippen LogP contribution in [0.25, 0.3) is 10.9 Å². The van der Waals surface area contributed by atoms with E-state index in [1.54, 1.807) is 12.4 Å². The zero-order valence-corrected chi connectivity index (χ0v) is 11.8. The van der Waals surface area contributed by atoms with E-state index in [1.165, 1.54) is 6.33 Å². The highest BCUT2D eigenvalue weighted by Gasteiger charge is 2.27. The first-order valence-corrected chi connectivity index (χ1v) is 8.45. The highest BCUT2D eigenvalue weighted by atomic mass is 32.2. The lowest BCUT2D eigenvalue weighted by atomic mass is 10.1. The Hall–Kier alpha value is -1.76. The van der Waals surface area contributed by atoms with Crippen LogP contribution in [-0.4, -0.2) is 41.4 Å². The molecular formula is C13H16N4O2S. The van der Waals surface area contributed by atoms with E-state index in [4.69, 9.17) is 0 Å². The molecule has 0 spiro atoms. The summed E-state index contributed by atoms with van der Waals surface area (Å²) < 4.78 is 22.8. The van der Waals surface area contributed by atoms with Gasteiger partial charge in [-0.25, -0.2) is 18.4 Å². The van der Waals surface area contributed by atoms with Crippen LogP contribution in [0.15, 0.2) is 24.8 Å². The fourth-order valence-electron chi connectivity index (χ4n) is 2.54. The van der Waals surface area contributed by atoms with E-state index in [1.807, 2.05) is 6.07 Å². The maximum absolute atomic E-state index is 11.4. The third-order valence-corrected chi connectivity index (χ3v) is 5.45. The molecule has 6 nitrogen and oxygen atoms in total. The Balaban J connectivity index is 1.63. The zero-order valence-electron chi connectivity index (χ0n) is 11.0. The molecule has 1 aliphatic rings. The van der Waals surface area contributed by atoms with Gasteiger partial charge in [-0.05, 0) is 24.8 Å². The molecule has 1 fully saturated rings. The molecule has 20 heavy (non-hydrogen) atoms. The van der Waals surface area contributed by atoms with Crippen molar-refractivity contribution >= 4 is 26.6 Å². The quantitative estimate of drug-likeness (QED) is 0.913. The van der Waals surface area contributed by atoms with E-state index in [2.05, 4.69) is 20.3 Å². The lowest BCUT2D eigenvalue weighted by Gasteiger charge is -2.10. The van der Waals surface area contributed by atoms with Crippen LogP contribution in [-0.2, 0) is 9.84 Å². The summed E-state index contributed by atoms with van der Waals surface area (Å²) in [4.78, 5) is 12.4. The molecule has 1 N–H and O–H groups in total. The molecule has 1 atom stereocenters. The molecule has 0 bridgehead atoms. The van der Waals surface area contributed by atoms with Gasteiger partial charge in [-0.1, -0.05) is 0 Å². The number of sulfone groups is 1. The largest absolute Gasteiger partial charge is 0.369 e. The van der Waals surface area contributed by atoms with E-state index < -0.39 is 9.84 Å². The van der Waals surface area contributed by atoms with Gasteiger partial charge in [0.05, 0.1) is 23.2 Å². The van der Waals surface area contributed by atoms with Crippen molar-refractivity contribution in [1.29, 1.82) is 0 Å². The SMILES string of the molecule is O=S1(=O)CCC(CCNc2ncnc3cnccc23)C1. The molecule has 1 saturated heterocycles. The first kappa shape index (κ1) is 13.2. The summed E-state index contributed by atoms with van der Waals surface area (Å²) in [5.41, 5.74) is 0.799. The lowest BCUT2D eigenvalue weighted by molar-refractivity contribution is 0.558. The van der Waals surface area contributed by atoms with E-state index in [0.717, 1.165) is 29.6 Å². The number of anilines is 1. The molecule has 2 aromatic rings. The average Bonchev–Trinajstić information content (AvgIpc) is 2.79. The van der Waals surface area contributed by atoms with Gasteiger partial charge < -0.3 is 5.32 Å². The van der Waals surface area contributed by atoms with Crippen LogP contribution >= 0.6 is 0 Å². The van der Waals surface area contributed by atoms with Gasteiger partial charge in [-0.2, -0.15) is 0 Å². The van der Waals surface area contributed by atoms with Gasteiger partial charge in [0.25, 0.3) is 0 Å². The third-order valence-electron chi connectivity index (χ3n) is 3.61. The summed E-state index contributed by atoms with van der Waals surface area (Å²) >= 11 is 0. The normalized spacial score (nSPS) is 21.1. The maximum Gasteiger partial charge on any atom is 0.150 e. The predicted molar refractivity (Wildman–Crippen MR) is 77.2 cm³/mol. The lowest BCUT2D eigenvalue weighted by Crippen LogP contribution is -2.11. The molecule has 1 unspecified atom stereocenters. The average molecular weight is 292 g/mol. The van der Waals surface area contributed by atoms with Crippen LogP contribution < -0.4 is 5.32 Å². The van der Waals surface area contributed by atoms with Crippen molar-refractivity contribution in [3.05, 3.63) is 24.8 Å². The molecule has 7 heteroatoms. The molecular weight excluding hydrogens is 276 g/mol. The van der Waals surface area contributed by atoms with E-state index >= 15 is 0 Å². The Labute approximate surface area is 117 Å². The second kappa shape index (κ2) is 5.32. The summed E-state index contributed by atoms with van der Waals surface area (Å²) in [6.45, 7) is 0.717. The summed E-state index contributed by atoms with van der Waals surface area (Å²) in [6, 6.07) is 1.87. The number of fused-ring (bicyclic) bond motifs is 1. The third kappa shape index (κ3) is 2.87. The van der Waals surface area contributed by atoms with Gasteiger partial charge in [0.2, 0.25) is 0 Å². The first-order chi connectivity index (χ1) is 9.64. The van der Waals surface area contributed by atoms with Crippen molar-refractivity contribution in [3.63, 3.8) is 0 Å². The number of aromatic nitrogens is 3. The van der Waals surface area contributed by atoms with Crippen LogP contribution in [0.5, 0.6) is 0 Å². The highest BCUT2D eigenvalue weighted by Crippen LogP contribution is 2.22. The molecule has 0 radical (unpaired) electrons. The Morgan fingerprint density at radius 3 is 3.05 bits per heavy atom. The Bertz CT molecular complexity index is 712. The summed E-state index contributed by atoms with van der Waals surface area (Å²) in [5.74, 6) is 1.70. The molecule has 1 aliphatic heterocycles. The van der Waals surface area contributed by atoms with Crippen LogP contribution in [0.4, 0.5) is 5.82 Å². The van der Waals surface area contributed by atoms with Crippen molar-refractivity contribution in [3.8, 4) is 0 Å². The number of nitrogens with zero attached hydrogens (tertiary/aromatic N) is 3. The van der Waals surface area contributed by atoms with Crippen molar-refractivity contribution < 1.29 is 8.42 Å². The number of rotatable bonds is 4. The topological polar surface area (TPSA) is 84.8 Å². The minimum Gasteiger partial charge on any atom is -0.369 e. The maximum atomic E-state index is 11.4. The molecule has 0 saturated carbocycles. The van der Waals surface area contributed by atoms with Gasteiger partial charge >= 0.3 is 0 Å². The first-order valence-electron chi connectivity index (χ1n) is 6.63. The second-order valence-corrected chi connectivity index (χ2v) is 7.33. The molecule has 106 valence electrons. The van der Waals surface area contributed by atoms with Crippen molar-refractivity contribution in [2.45, 2.75) is 12.8 Å². The molecule has 0 aromatic carbocycles. The Morgan fingerprint density at radius 2 is 2.25 bits per heavy atom. The Morgan fingerprint density at radius 1 is 1.35 bits per heavy atom. The van der Waals surface area contributed by atoms with Gasteiger partial charge in [0.1, 0.15) is 12.1 Å². The van der Waals surface area contributed by atoms with Gasteiger partial charge in [0, 0.05) is 18.1 Å². The van der Waals surface area contributed by atoms with Crippen molar-refractivity contribution in [1.82, 2.24) is 15.0 Å². The van der Waals surface area contributed by atoms with Crippen molar-refractivity contribution in [2.24, 2.45) is 5.92 Å². The highest BCUT2D eigenvalue weighted by molar-refractivity contribution is 7.91. The molecule has 3 rings (SSSR count). The van der Waals surface area contributed by atoms with E-state index in [-0.39, 0.29) is 5.92 Å². The summed E-state index contributed by atoms with van der Waals surface area (Å²) in [7, 11) is -2.79. The fourth-order valence-corrected chi connectivity index (χ4v) is 4.45. The number of pyridine rings is 1. The number of hydrogen-bond donors (Lipinski definition) is 1. The van der Waals surface area contributed by atoms with Gasteiger partial charge in [0.15, 0.2) is 9.84 Å². The smallest absolute Gasteiger partial charge is 0.150 e. The van der Waals surface area contributed by atoms with Gasteiger partial charge in [-0.3, -0.25) is 4.98 Å². The van der Waals surface area contributed by atoms with E-state index in [0.29, 0.717) is 18.1 Å². The molecule has 0 aliphatic carbocycles. The van der Waals surface area contributed by atoms with Gasteiger partial charge in [-0.15, -0.1) is 0 Å². The van der Waals surface area contributed by atoms with Crippen LogP contribution in [0.1, 0.15) is 12.8 Å². The predicted octanol–water partition coefficient (Wildman–Crippen LogP) is 1.26. The summed E-state index contributed by atoms with van der Waals surface area (Å²) in [6.07, 6.45) is 6.53. The second-order valence-electron chi connectivity index (χ2n) is 5.10. The fraction of sp³-hybridized carbons (Fsp3) is 0.462. The van der Waals surface area contributed by atoms with E-state index in [9.17, 15) is 8.42 Å². The van der Waals surface area contributed by atoms with Crippen molar-refractivity contribution in [2.75, 3.05) is 23.4 Å². The molecule has 2 aromatic heterocycles. The molecule has 3 heterocycles. The standard InChI is InChI=1S/C13H16N4O2S/c18-20(19)6-3-10(8-20)1-5-15-13-11-2-4-14-7-12(11)16-9-17-13/h2,4,7,9-10H,1,3,5-6,8H2,(H,15,16,17). The van der Waals surface area contributed by atoms with Crippen LogP contribution in [0, 0.1) is 5.92 Å².